The van der Waals surface area contributed by atoms with E-state index >= 15 is 0 Å². The van der Waals surface area contributed by atoms with Gasteiger partial charge >= 0.3 is 5.97 Å². The molecule has 3 amide bonds. The summed E-state index contributed by atoms with van der Waals surface area (Å²) in [4.78, 5) is 59.1. The molecule has 3 aliphatic heterocycles. The second-order valence-electron chi connectivity index (χ2n) is 13.8. The van der Waals surface area contributed by atoms with Crippen molar-refractivity contribution in [1.29, 1.82) is 0 Å². The molecule has 252 valence electrons. The third-order valence-electron chi connectivity index (χ3n) is 9.99. The van der Waals surface area contributed by atoms with Gasteiger partial charge in [-0.05, 0) is 51.5 Å². The van der Waals surface area contributed by atoms with Gasteiger partial charge in [-0.15, -0.1) is 13.2 Å². The molecule has 0 aromatic heterocycles. The Morgan fingerprint density at radius 2 is 1.91 bits per heavy atom. The Kier molecular flexibility index (Phi) is 11.2. The van der Waals surface area contributed by atoms with Crippen LogP contribution in [0.15, 0.2) is 55.6 Å². The van der Waals surface area contributed by atoms with Gasteiger partial charge in [0.05, 0.1) is 36.6 Å². The number of hydrogen-bond acceptors (Lipinski definition) is 7. The maximum absolute atomic E-state index is 14.6. The molecular weight excluding hydrogens is 586 g/mol. The molecule has 0 unspecified atom stereocenters. The molecule has 3 aliphatic rings. The van der Waals surface area contributed by atoms with E-state index in [4.69, 9.17) is 9.47 Å². The lowest BCUT2D eigenvalue weighted by atomic mass is 9.70. The summed E-state index contributed by atoms with van der Waals surface area (Å²) in [5.41, 5.74) is -1.05. The highest BCUT2D eigenvalue weighted by Gasteiger charge is 2.75. The van der Waals surface area contributed by atoms with Crippen LogP contribution >= 0.6 is 0 Å². The number of esters is 1. The van der Waals surface area contributed by atoms with Crippen LogP contribution in [-0.2, 0) is 28.7 Å². The van der Waals surface area contributed by atoms with Crippen LogP contribution in [-0.4, -0.2) is 87.7 Å². The Morgan fingerprint density at radius 3 is 2.50 bits per heavy atom. The summed E-state index contributed by atoms with van der Waals surface area (Å²) in [7, 11) is 0. The minimum Gasteiger partial charge on any atom is -0.463 e. The summed E-state index contributed by atoms with van der Waals surface area (Å²) in [6.07, 6.45) is 5.04. The predicted molar refractivity (Wildman–Crippen MR) is 174 cm³/mol. The van der Waals surface area contributed by atoms with E-state index in [-0.39, 0.29) is 43.9 Å². The number of likely N-dealkylation sites (tertiary alicyclic amines) is 1. The Hall–Kier alpha value is -3.50. The van der Waals surface area contributed by atoms with E-state index in [0.29, 0.717) is 25.7 Å². The molecule has 3 saturated heterocycles. The van der Waals surface area contributed by atoms with Gasteiger partial charge in [0.25, 0.3) is 0 Å². The van der Waals surface area contributed by atoms with E-state index in [1.807, 2.05) is 65.0 Å². The Labute approximate surface area is 273 Å². The standard InChI is InChI=1S/C36H51N3O7/c1-8-11-17-28(41)45-22-25(24-15-13-12-14-16-24)37-32(42)29-27-18-19-36(46-27)30(29)33(43)39(26(21-40)23(4)10-3)31(36)34(44)38(20-9-2)35(5,6)7/h8-9,12-16,23,25-27,29-31,40H,1-2,10-11,17-22H2,3-7H3,(H,37,42)/t23-,25-,26-,27+,29-,30-,31+,36-/m0/s1. The van der Waals surface area contributed by atoms with Crippen molar-refractivity contribution in [2.75, 3.05) is 19.8 Å². The van der Waals surface area contributed by atoms with E-state index in [2.05, 4.69) is 18.5 Å². The number of rotatable bonds is 15. The van der Waals surface area contributed by atoms with Crippen molar-refractivity contribution >= 4 is 23.7 Å². The third kappa shape index (κ3) is 6.65. The third-order valence-corrected chi connectivity index (χ3v) is 9.99. The lowest BCUT2D eigenvalue weighted by Crippen LogP contribution is -2.62. The number of hydrogen-bond donors (Lipinski definition) is 2. The second-order valence-corrected chi connectivity index (χ2v) is 13.8. The zero-order valence-corrected chi connectivity index (χ0v) is 27.9. The molecule has 1 aromatic carbocycles. The molecule has 8 atom stereocenters. The highest BCUT2D eigenvalue weighted by molar-refractivity contribution is 5.99. The minimum atomic E-state index is -1.22. The lowest BCUT2D eigenvalue weighted by Gasteiger charge is -2.44. The predicted octanol–water partition coefficient (Wildman–Crippen LogP) is 3.95. The zero-order valence-electron chi connectivity index (χ0n) is 27.9. The number of ether oxygens (including phenoxy) is 2. The van der Waals surface area contributed by atoms with Crippen LogP contribution in [0.4, 0.5) is 0 Å². The quantitative estimate of drug-likeness (QED) is 0.220. The van der Waals surface area contributed by atoms with Gasteiger partial charge in [-0.1, -0.05) is 62.8 Å². The number of benzene rings is 1. The highest BCUT2D eigenvalue weighted by atomic mass is 16.5. The van der Waals surface area contributed by atoms with E-state index in [1.54, 1.807) is 22.0 Å². The summed E-state index contributed by atoms with van der Waals surface area (Å²) in [6.45, 7) is 17.1. The topological polar surface area (TPSA) is 125 Å². The zero-order chi connectivity index (χ0) is 33.8. The van der Waals surface area contributed by atoms with E-state index < -0.39 is 59.1 Å². The number of carbonyl (C=O) groups is 4. The molecule has 0 aliphatic carbocycles. The fourth-order valence-corrected chi connectivity index (χ4v) is 7.46. The maximum atomic E-state index is 14.6. The monoisotopic (exact) mass is 637 g/mol. The molecule has 2 bridgehead atoms. The normalized spacial score (nSPS) is 27.0. The molecule has 0 saturated carbocycles. The summed E-state index contributed by atoms with van der Waals surface area (Å²) in [5.74, 6) is -3.29. The average molecular weight is 638 g/mol. The van der Waals surface area contributed by atoms with E-state index in [1.165, 1.54) is 0 Å². The van der Waals surface area contributed by atoms with Gasteiger partial charge in [-0.25, -0.2) is 0 Å². The number of fused-ring (bicyclic) bond motifs is 1. The van der Waals surface area contributed by atoms with Crippen LogP contribution in [0.3, 0.4) is 0 Å². The van der Waals surface area contributed by atoms with Gasteiger partial charge in [0.2, 0.25) is 17.7 Å². The van der Waals surface area contributed by atoms with Crippen molar-refractivity contribution in [2.24, 2.45) is 17.8 Å². The Balaban J connectivity index is 1.71. The van der Waals surface area contributed by atoms with Gasteiger partial charge in [0.15, 0.2) is 0 Å². The molecule has 3 heterocycles. The summed E-state index contributed by atoms with van der Waals surface area (Å²) in [6, 6.07) is 6.93. The smallest absolute Gasteiger partial charge is 0.306 e. The van der Waals surface area contributed by atoms with Crippen molar-refractivity contribution in [1.82, 2.24) is 15.1 Å². The van der Waals surface area contributed by atoms with Gasteiger partial charge in [0.1, 0.15) is 18.2 Å². The molecular formula is C36H51N3O7. The van der Waals surface area contributed by atoms with Gasteiger partial charge < -0.3 is 29.7 Å². The second kappa shape index (κ2) is 14.5. The van der Waals surface area contributed by atoms with E-state index in [9.17, 15) is 24.3 Å². The maximum Gasteiger partial charge on any atom is 0.306 e. The van der Waals surface area contributed by atoms with Crippen molar-refractivity contribution in [3.05, 3.63) is 61.2 Å². The fraction of sp³-hybridized carbons (Fsp3) is 0.611. The molecule has 46 heavy (non-hydrogen) atoms. The number of nitrogens with one attached hydrogen (secondary N) is 1. The molecule has 10 nitrogen and oxygen atoms in total. The first kappa shape index (κ1) is 35.4. The molecule has 1 aromatic rings. The van der Waals surface area contributed by atoms with Crippen LogP contribution in [0.5, 0.6) is 0 Å². The number of allylic oxidation sites excluding steroid dienone is 1. The number of aliphatic hydroxyl groups is 1. The molecule has 3 fully saturated rings. The van der Waals surface area contributed by atoms with Crippen molar-refractivity contribution in [2.45, 2.75) is 102 Å². The average Bonchev–Trinajstić information content (AvgIpc) is 3.68. The van der Waals surface area contributed by atoms with Crippen LogP contribution in [0.2, 0.25) is 0 Å². The fourth-order valence-electron chi connectivity index (χ4n) is 7.46. The Morgan fingerprint density at radius 1 is 1.22 bits per heavy atom. The van der Waals surface area contributed by atoms with Crippen molar-refractivity contribution in [3.63, 3.8) is 0 Å². The minimum absolute atomic E-state index is 0.0797. The number of amides is 3. The van der Waals surface area contributed by atoms with Gasteiger partial charge in [0, 0.05) is 18.5 Å². The molecule has 0 radical (unpaired) electrons. The highest BCUT2D eigenvalue weighted by Crippen LogP contribution is 2.59. The largest absolute Gasteiger partial charge is 0.463 e. The molecule has 4 rings (SSSR count). The van der Waals surface area contributed by atoms with Crippen LogP contribution < -0.4 is 5.32 Å². The van der Waals surface area contributed by atoms with E-state index in [0.717, 1.165) is 5.56 Å². The SMILES string of the molecule is C=CCCC(=O)OC[C@H](NC(=O)[C@@H]1[C@H]2C(=O)N([C@@H](CO)[C@@H](C)CC)[C@H](C(=O)N(CC=C)C(C)(C)C)[C@]23CC[C@H]1O3)c1ccccc1. The number of carbonyl (C=O) groups excluding carboxylic acids is 4. The first-order valence-electron chi connectivity index (χ1n) is 16.5. The molecule has 1 spiro atoms. The summed E-state index contributed by atoms with van der Waals surface area (Å²) in [5, 5.41) is 13.7. The van der Waals surface area contributed by atoms with Crippen molar-refractivity contribution in [3.8, 4) is 0 Å². The van der Waals surface area contributed by atoms with Gasteiger partial charge in [-0.3, -0.25) is 19.2 Å². The number of nitrogens with zero attached hydrogens (tertiary/aromatic N) is 2. The molecule has 10 heteroatoms. The van der Waals surface area contributed by atoms with Crippen LogP contribution in [0, 0.1) is 17.8 Å². The first-order valence-corrected chi connectivity index (χ1v) is 16.5. The van der Waals surface area contributed by atoms with Crippen molar-refractivity contribution < 1.29 is 33.8 Å². The van der Waals surface area contributed by atoms with Gasteiger partial charge in [-0.2, -0.15) is 0 Å². The van der Waals surface area contributed by atoms with Crippen LogP contribution in [0.1, 0.15) is 78.3 Å². The Bertz CT molecular complexity index is 1290. The first-order chi connectivity index (χ1) is 21.9. The van der Waals surface area contributed by atoms with Crippen LogP contribution in [0.25, 0.3) is 0 Å². The summed E-state index contributed by atoms with van der Waals surface area (Å²) < 4.78 is 12.2. The summed E-state index contributed by atoms with van der Waals surface area (Å²) >= 11 is 0. The lowest BCUT2D eigenvalue weighted by molar-refractivity contribution is -0.155. The molecule has 2 N–H and O–H groups in total. The number of aliphatic hydroxyl groups excluding tert-OH is 1.